The monoisotopic (exact) mass is 223 g/mol. The van der Waals surface area contributed by atoms with Gasteiger partial charge in [-0.15, -0.1) is 0 Å². The van der Waals surface area contributed by atoms with Gasteiger partial charge in [0.1, 0.15) is 5.82 Å². The summed E-state index contributed by atoms with van der Waals surface area (Å²) in [4.78, 5) is 0. The first-order chi connectivity index (χ1) is 7.63. The van der Waals surface area contributed by atoms with Crippen LogP contribution in [-0.2, 0) is 6.42 Å². The maximum absolute atomic E-state index is 12.9. The number of rotatable bonds is 6. The number of hydrogen-bond donors (Lipinski definition) is 1. The quantitative estimate of drug-likeness (QED) is 0.730. The predicted molar refractivity (Wildman–Crippen MR) is 67.2 cm³/mol. The van der Waals surface area contributed by atoms with E-state index in [0.29, 0.717) is 5.92 Å². The van der Waals surface area contributed by atoms with Crippen molar-refractivity contribution in [2.24, 2.45) is 5.92 Å². The summed E-state index contributed by atoms with van der Waals surface area (Å²) >= 11 is 0. The molecule has 0 fully saturated rings. The van der Waals surface area contributed by atoms with E-state index in [9.17, 15) is 4.39 Å². The molecule has 1 N–H and O–H groups in total. The van der Waals surface area contributed by atoms with E-state index < -0.39 is 0 Å². The van der Waals surface area contributed by atoms with Crippen LogP contribution >= 0.6 is 0 Å². The second-order valence-electron chi connectivity index (χ2n) is 4.52. The molecule has 0 spiro atoms. The molecule has 0 aliphatic carbocycles. The van der Waals surface area contributed by atoms with Crippen LogP contribution < -0.4 is 5.32 Å². The Bertz CT molecular complexity index is 323. The van der Waals surface area contributed by atoms with Crippen LogP contribution in [0, 0.1) is 18.7 Å². The van der Waals surface area contributed by atoms with Crippen molar-refractivity contribution in [1.29, 1.82) is 0 Å². The lowest BCUT2D eigenvalue weighted by Gasteiger charge is -2.13. The average molecular weight is 223 g/mol. The van der Waals surface area contributed by atoms with E-state index in [1.54, 1.807) is 12.1 Å². The second kappa shape index (κ2) is 6.64. The Labute approximate surface area is 98.1 Å². The normalized spacial score (nSPS) is 12.8. The van der Waals surface area contributed by atoms with Crippen molar-refractivity contribution in [2.45, 2.75) is 33.6 Å². The molecule has 1 unspecified atom stereocenters. The van der Waals surface area contributed by atoms with Crippen molar-refractivity contribution in [3.8, 4) is 0 Å². The summed E-state index contributed by atoms with van der Waals surface area (Å²) in [5.41, 5.74) is 2.33. The summed E-state index contributed by atoms with van der Waals surface area (Å²) in [6, 6.07) is 5.08. The molecule has 0 aliphatic heterocycles. The van der Waals surface area contributed by atoms with Gasteiger partial charge in [-0.25, -0.2) is 4.39 Å². The molecule has 1 rings (SSSR count). The van der Waals surface area contributed by atoms with Crippen molar-refractivity contribution < 1.29 is 4.39 Å². The molecule has 1 aromatic carbocycles. The first-order valence-electron chi connectivity index (χ1n) is 6.09. The summed E-state index contributed by atoms with van der Waals surface area (Å²) in [5.74, 6) is 0.504. The van der Waals surface area contributed by atoms with Crippen molar-refractivity contribution in [2.75, 3.05) is 13.1 Å². The van der Waals surface area contributed by atoms with Gasteiger partial charge in [0.2, 0.25) is 0 Å². The fourth-order valence-electron chi connectivity index (χ4n) is 1.89. The number of aryl methyl sites for hydroxylation is 1. The van der Waals surface area contributed by atoms with Crippen LogP contribution in [-0.4, -0.2) is 13.1 Å². The molecule has 1 aromatic rings. The van der Waals surface area contributed by atoms with Gasteiger partial charge in [-0.2, -0.15) is 0 Å². The van der Waals surface area contributed by atoms with Gasteiger partial charge in [0, 0.05) is 0 Å². The number of benzene rings is 1. The summed E-state index contributed by atoms with van der Waals surface area (Å²) in [5, 5.41) is 3.33. The van der Waals surface area contributed by atoms with E-state index in [2.05, 4.69) is 19.2 Å². The molecule has 0 heterocycles. The zero-order valence-corrected chi connectivity index (χ0v) is 10.5. The second-order valence-corrected chi connectivity index (χ2v) is 4.52. The average Bonchev–Trinajstić information content (AvgIpc) is 2.23. The van der Waals surface area contributed by atoms with Gasteiger partial charge in [0.05, 0.1) is 0 Å². The zero-order chi connectivity index (χ0) is 12.0. The van der Waals surface area contributed by atoms with Crippen LogP contribution in [0.4, 0.5) is 4.39 Å². The first-order valence-corrected chi connectivity index (χ1v) is 6.09. The Morgan fingerprint density at radius 1 is 1.38 bits per heavy atom. The van der Waals surface area contributed by atoms with Gasteiger partial charge in [-0.1, -0.05) is 19.9 Å². The molecule has 0 radical (unpaired) electrons. The summed E-state index contributed by atoms with van der Waals surface area (Å²) in [6.07, 6.45) is 2.21. The highest BCUT2D eigenvalue weighted by Crippen LogP contribution is 2.16. The lowest BCUT2D eigenvalue weighted by atomic mass is 9.95. The minimum absolute atomic E-state index is 0.137. The molecule has 0 amide bonds. The highest BCUT2D eigenvalue weighted by atomic mass is 19.1. The molecule has 1 nitrogen and oxygen atoms in total. The van der Waals surface area contributed by atoms with Gasteiger partial charge in [0.15, 0.2) is 0 Å². The zero-order valence-electron chi connectivity index (χ0n) is 10.5. The fourth-order valence-corrected chi connectivity index (χ4v) is 1.89. The highest BCUT2D eigenvalue weighted by Gasteiger charge is 2.06. The van der Waals surface area contributed by atoms with Crippen molar-refractivity contribution >= 4 is 0 Å². The number of halogens is 1. The molecular weight excluding hydrogens is 201 g/mol. The van der Waals surface area contributed by atoms with Gasteiger partial charge in [-0.05, 0) is 62.0 Å². The SMILES string of the molecule is CCNCCC(C)Cc1ccc(F)cc1C. The third-order valence-corrected chi connectivity index (χ3v) is 2.94. The first kappa shape index (κ1) is 13.2. The third-order valence-electron chi connectivity index (χ3n) is 2.94. The fraction of sp³-hybridized carbons (Fsp3) is 0.571. The Morgan fingerprint density at radius 3 is 2.75 bits per heavy atom. The Morgan fingerprint density at radius 2 is 2.12 bits per heavy atom. The minimum atomic E-state index is -0.137. The number of nitrogens with one attached hydrogen (secondary N) is 1. The van der Waals surface area contributed by atoms with Gasteiger partial charge in [0.25, 0.3) is 0 Å². The van der Waals surface area contributed by atoms with Crippen LogP contribution in [0.15, 0.2) is 18.2 Å². The van der Waals surface area contributed by atoms with Crippen molar-refractivity contribution in [3.05, 3.63) is 35.1 Å². The molecule has 0 bridgehead atoms. The van der Waals surface area contributed by atoms with Crippen LogP contribution in [0.2, 0.25) is 0 Å². The Hall–Kier alpha value is -0.890. The van der Waals surface area contributed by atoms with Crippen molar-refractivity contribution in [3.63, 3.8) is 0 Å². The van der Waals surface area contributed by atoms with E-state index in [0.717, 1.165) is 25.1 Å². The topological polar surface area (TPSA) is 12.0 Å². The van der Waals surface area contributed by atoms with Crippen LogP contribution in [0.1, 0.15) is 31.4 Å². The lowest BCUT2D eigenvalue weighted by Crippen LogP contribution is -2.17. The molecule has 0 saturated heterocycles. The number of hydrogen-bond acceptors (Lipinski definition) is 1. The molecule has 16 heavy (non-hydrogen) atoms. The van der Waals surface area contributed by atoms with Crippen LogP contribution in [0.25, 0.3) is 0 Å². The van der Waals surface area contributed by atoms with E-state index in [4.69, 9.17) is 0 Å². The summed E-state index contributed by atoms with van der Waals surface area (Å²) in [6.45, 7) is 8.45. The highest BCUT2D eigenvalue weighted by molar-refractivity contribution is 5.26. The molecule has 0 aromatic heterocycles. The predicted octanol–water partition coefficient (Wildman–Crippen LogP) is 3.31. The molecule has 0 saturated carbocycles. The van der Waals surface area contributed by atoms with E-state index in [1.807, 2.05) is 13.0 Å². The smallest absolute Gasteiger partial charge is 0.123 e. The van der Waals surface area contributed by atoms with E-state index >= 15 is 0 Å². The van der Waals surface area contributed by atoms with E-state index in [-0.39, 0.29) is 5.82 Å². The van der Waals surface area contributed by atoms with E-state index in [1.165, 1.54) is 12.0 Å². The lowest BCUT2D eigenvalue weighted by molar-refractivity contribution is 0.503. The Kier molecular flexibility index (Phi) is 5.47. The minimum Gasteiger partial charge on any atom is -0.317 e. The molecule has 2 heteroatoms. The largest absolute Gasteiger partial charge is 0.317 e. The molecule has 0 aliphatic rings. The molecule has 90 valence electrons. The standard InChI is InChI=1S/C14H22FN/c1-4-16-8-7-11(2)9-13-5-6-14(15)10-12(13)3/h5-6,10-11,16H,4,7-9H2,1-3H3. The van der Waals surface area contributed by atoms with Crippen LogP contribution in [0.3, 0.4) is 0 Å². The maximum atomic E-state index is 12.9. The molecular formula is C14H22FN. The van der Waals surface area contributed by atoms with Gasteiger partial charge >= 0.3 is 0 Å². The maximum Gasteiger partial charge on any atom is 0.123 e. The third kappa shape index (κ3) is 4.31. The summed E-state index contributed by atoms with van der Waals surface area (Å²) < 4.78 is 12.9. The summed E-state index contributed by atoms with van der Waals surface area (Å²) in [7, 11) is 0. The van der Waals surface area contributed by atoms with Crippen molar-refractivity contribution in [1.82, 2.24) is 5.32 Å². The van der Waals surface area contributed by atoms with Gasteiger partial charge in [-0.3, -0.25) is 0 Å². The van der Waals surface area contributed by atoms with Gasteiger partial charge < -0.3 is 5.32 Å². The molecule has 1 atom stereocenters. The Balaban J connectivity index is 2.46. The van der Waals surface area contributed by atoms with Crippen LogP contribution in [0.5, 0.6) is 0 Å².